The van der Waals surface area contributed by atoms with Crippen molar-refractivity contribution in [2.75, 3.05) is 20.4 Å². The lowest BCUT2D eigenvalue weighted by Gasteiger charge is -2.46. The van der Waals surface area contributed by atoms with Crippen LogP contribution in [0.3, 0.4) is 0 Å². The number of fused-ring (bicyclic) bond motifs is 1. The molecule has 0 bridgehead atoms. The molecule has 2 aromatic rings. The molecule has 3 aliphatic rings. The van der Waals surface area contributed by atoms with E-state index in [0.717, 1.165) is 10.4 Å². The maximum atomic E-state index is 16.8. The Bertz CT molecular complexity index is 1180. The van der Waals surface area contributed by atoms with Crippen LogP contribution < -0.4 is 15.7 Å². The molecule has 0 aliphatic carbocycles. The lowest BCUT2D eigenvalue weighted by molar-refractivity contribution is -0.0764. The zero-order chi connectivity index (χ0) is 24.7. The summed E-state index contributed by atoms with van der Waals surface area (Å²) in [4.78, 5) is 17.5. The van der Waals surface area contributed by atoms with E-state index in [9.17, 15) is 0 Å². The molecule has 182 valence electrons. The van der Waals surface area contributed by atoms with Gasteiger partial charge in [-0.05, 0) is 15.4 Å². The molecule has 2 atom stereocenters. The average Bonchev–Trinajstić information content (AvgIpc) is 3.52. The van der Waals surface area contributed by atoms with Gasteiger partial charge in [0.15, 0.2) is 23.2 Å². The van der Waals surface area contributed by atoms with Crippen molar-refractivity contribution in [3.63, 3.8) is 0 Å². The fraction of sp³-hybridized carbons (Fsp3) is 0.360. The van der Waals surface area contributed by atoms with E-state index in [4.69, 9.17) is 13.9 Å². The van der Waals surface area contributed by atoms with Gasteiger partial charge in [0.05, 0.1) is 6.61 Å². The molecule has 5 rings (SSSR count). The molecule has 1 N–H and O–H groups in total. The average molecular weight is 494 g/mol. The Kier molecular flexibility index (Phi) is 6.00. The first-order chi connectivity index (χ1) is 16.8. The van der Waals surface area contributed by atoms with Crippen LogP contribution in [0.2, 0.25) is 5.04 Å². The van der Waals surface area contributed by atoms with Crippen molar-refractivity contribution in [3.8, 4) is 0 Å². The van der Waals surface area contributed by atoms with E-state index in [1.807, 2.05) is 60.7 Å². The van der Waals surface area contributed by atoms with Crippen molar-refractivity contribution in [2.45, 2.75) is 38.0 Å². The van der Waals surface area contributed by atoms with Gasteiger partial charge in [0.2, 0.25) is 0 Å². The largest absolute Gasteiger partial charge is 0.388 e. The number of hydrogen-bond donors (Lipinski definition) is 1. The molecule has 0 radical (unpaired) electrons. The minimum atomic E-state index is -3.27. The first kappa shape index (κ1) is 23.7. The molecule has 10 heteroatoms. The number of rotatable bonds is 5. The minimum Gasteiger partial charge on any atom is -0.352 e. The van der Waals surface area contributed by atoms with Gasteiger partial charge in [0.1, 0.15) is 12.9 Å². The van der Waals surface area contributed by atoms with Crippen LogP contribution in [0.5, 0.6) is 0 Å². The second-order valence-corrected chi connectivity index (χ2v) is 13.8. The van der Waals surface area contributed by atoms with Crippen LogP contribution in [0.4, 0.5) is 4.39 Å². The predicted molar refractivity (Wildman–Crippen MR) is 137 cm³/mol. The lowest BCUT2D eigenvalue weighted by Crippen LogP contribution is -2.71. The number of aliphatic imine (C=N–C) groups is 4. The van der Waals surface area contributed by atoms with E-state index < -0.39 is 25.6 Å². The van der Waals surface area contributed by atoms with Gasteiger partial charge in [-0.3, -0.25) is 10.3 Å². The number of amidine groups is 3. The molecular weight excluding hydrogens is 465 g/mol. The highest BCUT2D eigenvalue weighted by Crippen LogP contribution is 2.40. The highest BCUT2D eigenvalue weighted by Gasteiger charge is 2.57. The van der Waals surface area contributed by atoms with Gasteiger partial charge >= 0.3 is 6.10 Å². The van der Waals surface area contributed by atoms with Crippen molar-refractivity contribution in [1.82, 2.24) is 5.32 Å². The molecule has 0 spiro atoms. The fourth-order valence-electron chi connectivity index (χ4n) is 4.65. The van der Waals surface area contributed by atoms with Crippen LogP contribution in [0.1, 0.15) is 20.8 Å². The normalized spacial score (nSPS) is 25.6. The van der Waals surface area contributed by atoms with Gasteiger partial charge in [0, 0.05) is 7.05 Å². The molecule has 35 heavy (non-hydrogen) atoms. The summed E-state index contributed by atoms with van der Waals surface area (Å²) in [7, 11) is -1.71. The third-order valence-corrected chi connectivity index (χ3v) is 11.2. The van der Waals surface area contributed by atoms with Gasteiger partial charge in [-0.15, -0.1) is 0 Å². The highest BCUT2D eigenvalue weighted by atomic mass is 28.4. The second kappa shape index (κ2) is 8.87. The fourth-order valence-corrected chi connectivity index (χ4v) is 9.08. The van der Waals surface area contributed by atoms with Crippen molar-refractivity contribution in [3.05, 3.63) is 60.7 Å². The Morgan fingerprint density at radius 1 is 1.06 bits per heavy atom. The van der Waals surface area contributed by atoms with E-state index in [1.165, 1.54) is 0 Å². The Labute approximate surface area is 204 Å². The second-order valence-electron chi connectivity index (χ2n) is 9.53. The standard InChI is InChI=1S/C25H28FN5O3Si/c1-24(2,3)35(17-11-7-5-8-12-17,18-13-9-6-10-14-18)34-25(26)30-22(27-4)20-23(31-25)29-21(28-20)19-15-32-16-33-19/h5-14,19H,15-16H2,1-4H3,(H,27,30). The maximum Gasteiger partial charge on any atom is 0.388 e. The summed E-state index contributed by atoms with van der Waals surface area (Å²) in [5, 5.41) is 4.17. The van der Waals surface area contributed by atoms with Crippen molar-refractivity contribution < 1.29 is 18.3 Å². The number of ether oxygens (including phenoxy) is 2. The van der Waals surface area contributed by atoms with Gasteiger partial charge in [-0.2, -0.15) is 9.38 Å². The first-order valence-electron chi connectivity index (χ1n) is 11.5. The number of halogens is 1. The quantitative estimate of drug-likeness (QED) is 0.512. The van der Waals surface area contributed by atoms with Crippen LogP contribution in [-0.4, -0.2) is 64.2 Å². The molecule has 0 aromatic heterocycles. The number of nitrogens with zero attached hydrogens (tertiary/aromatic N) is 4. The monoisotopic (exact) mass is 493 g/mol. The molecule has 0 amide bonds. The van der Waals surface area contributed by atoms with E-state index >= 15 is 4.39 Å². The molecule has 3 aliphatic heterocycles. The first-order valence-corrected chi connectivity index (χ1v) is 13.4. The summed E-state index contributed by atoms with van der Waals surface area (Å²) in [6, 6.07) is 19.6. The van der Waals surface area contributed by atoms with Gasteiger partial charge in [-0.1, -0.05) is 81.4 Å². The predicted octanol–water partition coefficient (Wildman–Crippen LogP) is 2.40. The van der Waals surface area contributed by atoms with Gasteiger partial charge < -0.3 is 13.9 Å². The summed E-state index contributed by atoms with van der Waals surface area (Å²) in [5.74, 6) is 0.720. The van der Waals surface area contributed by atoms with E-state index in [-0.39, 0.29) is 18.5 Å². The molecule has 2 aromatic carbocycles. The number of benzene rings is 2. The van der Waals surface area contributed by atoms with Gasteiger partial charge in [-0.25, -0.2) is 9.98 Å². The molecule has 1 fully saturated rings. The summed E-state index contributed by atoms with van der Waals surface area (Å²) in [6.07, 6.45) is -3.04. The van der Waals surface area contributed by atoms with E-state index in [1.54, 1.807) is 7.05 Å². The molecule has 3 heterocycles. The topological polar surface area (TPSA) is 89.2 Å². The van der Waals surface area contributed by atoms with Gasteiger partial charge in [0.25, 0.3) is 8.32 Å². The van der Waals surface area contributed by atoms with E-state index in [2.05, 4.69) is 46.1 Å². The highest BCUT2D eigenvalue weighted by molar-refractivity contribution is 6.99. The Morgan fingerprint density at radius 2 is 1.69 bits per heavy atom. The van der Waals surface area contributed by atoms with Crippen molar-refractivity contribution in [2.24, 2.45) is 20.0 Å². The van der Waals surface area contributed by atoms with E-state index in [0.29, 0.717) is 18.2 Å². The SMILES string of the molecule is CN=C1NC(F)(O[Si](c2ccccc2)(c2ccccc2)C(C)(C)C)N=C2N=C(C3COCO3)N=C21. The zero-order valence-corrected chi connectivity index (χ0v) is 21.2. The molecule has 1 saturated heterocycles. The maximum absolute atomic E-state index is 16.8. The Morgan fingerprint density at radius 3 is 2.20 bits per heavy atom. The van der Waals surface area contributed by atoms with Crippen molar-refractivity contribution in [1.29, 1.82) is 0 Å². The summed E-state index contributed by atoms with van der Waals surface area (Å²) in [5.41, 5.74) is 0.359. The minimum absolute atomic E-state index is 0.121. The van der Waals surface area contributed by atoms with Crippen LogP contribution in [-0.2, 0) is 13.9 Å². The van der Waals surface area contributed by atoms with Crippen LogP contribution in [0.15, 0.2) is 80.6 Å². The third-order valence-electron chi connectivity index (χ3n) is 6.24. The third kappa shape index (κ3) is 4.16. The molecule has 0 saturated carbocycles. The summed E-state index contributed by atoms with van der Waals surface area (Å²) >= 11 is 0. The molecule has 8 nitrogen and oxygen atoms in total. The summed E-state index contributed by atoms with van der Waals surface area (Å²) < 4.78 is 34.2. The number of nitrogens with one attached hydrogen (secondary N) is 1. The molecule has 2 unspecified atom stereocenters. The van der Waals surface area contributed by atoms with Crippen LogP contribution in [0, 0.1) is 0 Å². The van der Waals surface area contributed by atoms with Crippen LogP contribution >= 0.6 is 0 Å². The number of hydrogen-bond acceptors (Lipinski definition) is 7. The Balaban J connectivity index is 1.64. The summed E-state index contributed by atoms with van der Waals surface area (Å²) in [6.45, 7) is 6.71. The van der Waals surface area contributed by atoms with Crippen molar-refractivity contribution >= 4 is 41.9 Å². The number of alkyl halides is 1. The smallest absolute Gasteiger partial charge is 0.352 e. The molecular formula is C25H28FN5O3Si. The Hall–Kier alpha value is -3.05. The lowest BCUT2D eigenvalue weighted by atomic mass is 10.2. The van der Waals surface area contributed by atoms with Crippen LogP contribution in [0.25, 0.3) is 0 Å². The zero-order valence-electron chi connectivity index (χ0n) is 20.2.